The van der Waals surface area contributed by atoms with E-state index in [4.69, 9.17) is 5.26 Å². The maximum Gasteiger partial charge on any atom is 0.0991 e. The first kappa shape index (κ1) is 12.2. The molecule has 0 saturated heterocycles. The fourth-order valence-electron chi connectivity index (χ4n) is 2.14. The molecule has 0 aliphatic rings. The second-order valence-corrected chi connectivity index (χ2v) is 4.54. The maximum atomic E-state index is 8.78. The maximum absolute atomic E-state index is 8.78. The number of anilines is 1. The lowest BCUT2D eigenvalue weighted by atomic mass is 10.1. The smallest absolute Gasteiger partial charge is 0.0991 e. The van der Waals surface area contributed by atoms with Crippen LogP contribution in [0.5, 0.6) is 0 Å². The third kappa shape index (κ3) is 2.45. The van der Waals surface area contributed by atoms with Gasteiger partial charge in [0.1, 0.15) is 0 Å². The summed E-state index contributed by atoms with van der Waals surface area (Å²) in [6, 6.07) is 19.8. The molecule has 3 rings (SSSR count). The molecule has 0 aliphatic heterocycles. The Bertz CT molecular complexity index is 765. The Kier molecular flexibility index (Phi) is 3.30. The number of rotatable bonds is 3. The van der Waals surface area contributed by atoms with Crippen LogP contribution in [0.3, 0.4) is 0 Å². The van der Waals surface area contributed by atoms with Gasteiger partial charge in [-0.25, -0.2) is 0 Å². The minimum atomic E-state index is 0.681. The SMILES string of the molecule is N#Cc1ccc(CNc2cccc3cccnc23)cc1. The lowest BCUT2D eigenvalue weighted by Gasteiger charge is -2.09. The van der Waals surface area contributed by atoms with Crippen molar-refractivity contribution in [2.75, 3.05) is 5.32 Å². The molecular weight excluding hydrogens is 246 g/mol. The number of nitrogens with one attached hydrogen (secondary N) is 1. The summed E-state index contributed by atoms with van der Waals surface area (Å²) in [6.07, 6.45) is 1.80. The van der Waals surface area contributed by atoms with Crippen LogP contribution in [-0.4, -0.2) is 4.98 Å². The van der Waals surface area contributed by atoms with Crippen LogP contribution in [0.4, 0.5) is 5.69 Å². The number of fused-ring (bicyclic) bond motifs is 1. The zero-order valence-electron chi connectivity index (χ0n) is 10.9. The van der Waals surface area contributed by atoms with Crippen molar-refractivity contribution in [2.45, 2.75) is 6.54 Å². The van der Waals surface area contributed by atoms with Gasteiger partial charge >= 0.3 is 0 Å². The van der Waals surface area contributed by atoms with Gasteiger partial charge in [0.2, 0.25) is 0 Å². The largest absolute Gasteiger partial charge is 0.379 e. The first-order chi connectivity index (χ1) is 9.86. The first-order valence-electron chi connectivity index (χ1n) is 6.43. The number of aromatic nitrogens is 1. The number of nitrogens with zero attached hydrogens (tertiary/aromatic N) is 2. The summed E-state index contributed by atoms with van der Waals surface area (Å²) in [5.74, 6) is 0. The topological polar surface area (TPSA) is 48.7 Å². The van der Waals surface area contributed by atoms with Gasteiger partial charge in [-0.2, -0.15) is 5.26 Å². The Morgan fingerprint density at radius 2 is 1.80 bits per heavy atom. The summed E-state index contributed by atoms with van der Waals surface area (Å²) in [4.78, 5) is 4.42. The van der Waals surface area contributed by atoms with Crippen LogP contribution in [0.1, 0.15) is 11.1 Å². The summed E-state index contributed by atoms with van der Waals surface area (Å²) >= 11 is 0. The molecular formula is C17H13N3. The van der Waals surface area contributed by atoms with E-state index in [9.17, 15) is 0 Å². The van der Waals surface area contributed by atoms with Crippen molar-refractivity contribution in [3.05, 3.63) is 71.9 Å². The summed E-state index contributed by atoms with van der Waals surface area (Å²) in [5.41, 5.74) is 3.81. The molecule has 1 heterocycles. The molecule has 0 atom stereocenters. The predicted octanol–water partition coefficient (Wildman–Crippen LogP) is 3.72. The molecule has 3 nitrogen and oxygen atoms in total. The van der Waals surface area contributed by atoms with Gasteiger partial charge in [-0.15, -0.1) is 0 Å². The molecule has 0 saturated carbocycles. The van der Waals surface area contributed by atoms with E-state index in [2.05, 4.69) is 28.5 Å². The van der Waals surface area contributed by atoms with E-state index in [1.54, 1.807) is 6.20 Å². The van der Waals surface area contributed by atoms with Gasteiger partial charge in [0.05, 0.1) is 22.8 Å². The lowest BCUT2D eigenvalue weighted by Crippen LogP contribution is -2.00. The standard InChI is InChI=1S/C17H13N3/c18-11-13-6-8-14(9-7-13)12-20-16-5-1-3-15-4-2-10-19-17(15)16/h1-10,20H,12H2. The molecule has 1 aromatic heterocycles. The molecule has 20 heavy (non-hydrogen) atoms. The van der Waals surface area contributed by atoms with Crippen LogP contribution in [-0.2, 0) is 6.54 Å². The predicted molar refractivity (Wildman–Crippen MR) is 80.2 cm³/mol. The summed E-state index contributed by atoms with van der Waals surface area (Å²) in [7, 11) is 0. The van der Waals surface area contributed by atoms with Gasteiger partial charge in [0, 0.05) is 18.1 Å². The van der Waals surface area contributed by atoms with Crippen LogP contribution in [0.2, 0.25) is 0 Å². The average Bonchev–Trinajstić information content (AvgIpc) is 2.53. The van der Waals surface area contributed by atoms with Crippen LogP contribution in [0.25, 0.3) is 10.9 Å². The molecule has 96 valence electrons. The third-order valence-corrected chi connectivity index (χ3v) is 3.20. The van der Waals surface area contributed by atoms with Crippen molar-refractivity contribution in [1.82, 2.24) is 4.98 Å². The van der Waals surface area contributed by atoms with Crippen molar-refractivity contribution in [3.8, 4) is 6.07 Å². The molecule has 0 spiro atoms. The monoisotopic (exact) mass is 259 g/mol. The second-order valence-electron chi connectivity index (χ2n) is 4.54. The zero-order chi connectivity index (χ0) is 13.8. The van der Waals surface area contributed by atoms with Gasteiger partial charge < -0.3 is 5.32 Å². The Balaban J connectivity index is 1.81. The van der Waals surface area contributed by atoms with E-state index in [0.29, 0.717) is 12.1 Å². The second kappa shape index (κ2) is 5.41. The van der Waals surface area contributed by atoms with Crippen molar-refractivity contribution in [3.63, 3.8) is 0 Å². The lowest BCUT2D eigenvalue weighted by molar-refractivity contribution is 1.15. The number of nitriles is 1. The van der Waals surface area contributed by atoms with E-state index in [1.807, 2.05) is 42.5 Å². The van der Waals surface area contributed by atoms with Gasteiger partial charge in [0.25, 0.3) is 0 Å². The highest BCUT2D eigenvalue weighted by Gasteiger charge is 2.01. The molecule has 0 fully saturated rings. The average molecular weight is 259 g/mol. The highest BCUT2D eigenvalue weighted by molar-refractivity contribution is 5.90. The number of para-hydroxylation sites is 1. The summed E-state index contributed by atoms with van der Waals surface area (Å²) in [5, 5.41) is 13.3. The summed E-state index contributed by atoms with van der Waals surface area (Å²) in [6.45, 7) is 0.710. The van der Waals surface area contributed by atoms with Gasteiger partial charge in [-0.05, 0) is 29.8 Å². The molecule has 1 N–H and O–H groups in total. The van der Waals surface area contributed by atoms with E-state index in [-0.39, 0.29) is 0 Å². The van der Waals surface area contributed by atoms with Crippen LogP contribution in [0.15, 0.2) is 60.8 Å². The summed E-state index contributed by atoms with van der Waals surface area (Å²) < 4.78 is 0. The Morgan fingerprint density at radius 3 is 2.60 bits per heavy atom. The van der Waals surface area contributed by atoms with Crippen molar-refractivity contribution >= 4 is 16.6 Å². The Hall–Kier alpha value is -2.86. The van der Waals surface area contributed by atoms with Crippen LogP contribution >= 0.6 is 0 Å². The quantitative estimate of drug-likeness (QED) is 0.779. The Labute approximate surface area is 117 Å². The number of benzene rings is 2. The van der Waals surface area contributed by atoms with Crippen molar-refractivity contribution in [1.29, 1.82) is 5.26 Å². The van der Waals surface area contributed by atoms with Crippen molar-refractivity contribution < 1.29 is 0 Å². The van der Waals surface area contributed by atoms with Crippen molar-refractivity contribution in [2.24, 2.45) is 0 Å². The van der Waals surface area contributed by atoms with Gasteiger partial charge in [0.15, 0.2) is 0 Å². The first-order valence-corrected chi connectivity index (χ1v) is 6.43. The molecule has 0 radical (unpaired) electrons. The normalized spacial score (nSPS) is 10.2. The van der Waals surface area contributed by atoms with Crippen LogP contribution < -0.4 is 5.32 Å². The zero-order valence-corrected chi connectivity index (χ0v) is 10.9. The molecule has 0 bridgehead atoms. The Morgan fingerprint density at radius 1 is 1.00 bits per heavy atom. The molecule has 0 amide bonds. The highest BCUT2D eigenvalue weighted by Crippen LogP contribution is 2.21. The van der Waals surface area contributed by atoms with Crippen LogP contribution in [0, 0.1) is 11.3 Å². The van der Waals surface area contributed by atoms with Gasteiger partial charge in [-0.1, -0.05) is 30.3 Å². The van der Waals surface area contributed by atoms with Gasteiger partial charge in [-0.3, -0.25) is 4.98 Å². The number of hydrogen-bond acceptors (Lipinski definition) is 3. The number of hydrogen-bond donors (Lipinski definition) is 1. The van der Waals surface area contributed by atoms with E-state index in [1.165, 1.54) is 0 Å². The molecule has 2 aromatic carbocycles. The third-order valence-electron chi connectivity index (χ3n) is 3.20. The molecule has 0 aliphatic carbocycles. The minimum absolute atomic E-state index is 0.681. The minimum Gasteiger partial charge on any atom is -0.379 e. The van der Waals surface area contributed by atoms with E-state index in [0.717, 1.165) is 22.2 Å². The van der Waals surface area contributed by atoms with E-state index < -0.39 is 0 Å². The highest BCUT2D eigenvalue weighted by atomic mass is 14.9. The fraction of sp³-hybridized carbons (Fsp3) is 0.0588. The molecule has 3 heteroatoms. The fourth-order valence-corrected chi connectivity index (χ4v) is 2.14. The van der Waals surface area contributed by atoms with E-state index >= 15 is 0 Å². The number of pyridine rings is 1. The molecule has 3 aromatic rings. The molecule has 0 unspecified atom stereocenters.